The molecule has 3 aromatic rings. The number of ether oxygens (including phenoxy) is 1. The normalized spacial score (nSPS) is 19.0. The van der Waals surface area contributed by atoms with Crippen LogP contribution >= 0.6 is 0 Å². The third-order valence-electron chi connectivity index (χ3n) is 6.30. The number of hydrogen-bond acceptors (Lipinski definition) is 6. The predicted octanol–water partition coefficient (Wildman–Crippen LogP) is 2.10. The molecule has 5 rings (SSSR count). The second kappa shape index (κ2) is 6.75. The van der Waals surface area contributed by atoms with E-state index < -0.39 is 17.5 Å². The van der Waals surface area contributed by atoms with Crippen LogP contribution in [-0.4, -0.2) is 31.7 Å². The lowest BCUT2D eigenvalue weighted by Gasteiger charge is -2.31. The fraction of sp³-hybridized carbons (Fsp3) is 0.304. The lowest BCUT2D eigenvalue weighted by Crippen LogP contribution is -2.44. The number of benzene rings is 1. The highest BCUT2D eigenvalue weighted by Crippen LogP contribution is 2.40. The number of pyridine rings is 2. The Morgan fingerprint density at radius 3 is 2.77 bits per heavy atom. The van der Waals surface area contributed by atoms with Crippen LogP contribution in [0, 0.1) is 0 Å². The van der Waals surface area contributed by atoms with Gasteiger partial charge in [-0.05, 0) is 30.5 Å². The van der Waals surface area contributed by atoms with E-state index in [1.165, 1.54) is 0 Å². The molecule has 0 aliphatic carbocycles. The summed E-state index contributed by atoms with van der Waals surface area (Å²) in [5.74, 6) is -1.67. The van der Waals surface area contributed by atoms with Crippen molar-refractivity contribution in [2.24, 2.45) is 0 Å². The van der Waals surface area contributed by atoms with Crippen molar-refractivity contribution in [1.82, 2.24) is 9.55 Å². The summed E-state index contributed by atoms with van der Waals surface area (Å²) in [6.07, 6.45) is 0.341. The molecule has 0 saturated heterocycles. The minimum atomic E-state index is -1.88. The number of para-hydroxylation sites is 1. The number of esters is 1. The molecular formula is C23H20N2O6. The van der Waals surface area contributed by atoms with E-state index in [1.54, 1.807) is 17.6 Å². The zero-order chi connectivity index (χ0) is 21.9. The molecule has 8 heteroatoms. The van der Waals surface area contributed by atoms with Gasteiger partial charge >= 0.3 is 11.9 Å². The maximum Gasteiger partial charge on any atom is 0.343 e. The van der Waals surface area contributed by atoms with Crippen molar-refractivity contribution >= 4 is 22.8 Å². The number of fused-ring (bicyclic) bond motifs is 5. The van der Waals surface area contributed by atoms with Crippen molar-refractivity contribution in [2.45, 2.75) is 44.9 Å². The Balaban J connectivity index is 1.78. The zero-order valence-electron chi connectivity index (χ0n) is 16.8. The van der Waals surface area contributed by atoms with Crippen LogP contribution in [0.2, 0.25) is 0 Å². The van der Waals surface area contributed by atoms with Gasteiger partial charge in [0, 0.05) is 22.9 Å². The average molecular weight is 420 g/mol. The smallest absolute Gasteiger partial charge is 0.343 e. The first-order valence-corrected chi connectivity index (χ1v) is 10.1. The second-order valence-corrected chi connectivity index (χ2v) is 7.93. The van der Waals surface area contributed by atoms with Gasteiger partial charge in [-0.3, -0.25) is 9.59 Å². The number of carboxylic acid groups (broad SMARTS) is 1. The maximum absolute atomic E-state index is 13.3. The Bertz CT molecular complexity index is 1340. The molecule has 0 fully saturated rings. The fourth-order valence-corrected chi connectivity index (χ4v) is 4.63. The highest BCUT2D eigenvalue weighted by Gasteiger charge is 2.45. The SMILES string of the molecule is CC[C@@]1(O)C(=O)OCc2c1cc1n(c2=O)Cc2c-1nc1ccccc1c2CCC(=O)O. The van der Waals surface area contributed by atoms with Gasteiger partial charge in [-0.1, -0.05) is 25.1 Å². The van der Waals surface area contributed by atoms with Crippen LogP contribution in [0.25, 0.3) is 22.3 Å². The van der Waals surface area contributed by atoms with Crippen LogP contribution in [-0.2, 0) is 39.5 Å². The summed E-state index contributed by atoms with van der Waals surface area (Å²) < 4.78 is 6.66. The summed E-state index contributed by atoms with van der Waals surface area (Å²) in [5, 5.41) is 21.0. The van der Waals surface area contributed by atoms with E-state index in [4.69, 9.17) is 9.72 Å². The maximum atomic E-state index is 13.3. The van der Waals surface area contributed by atoms with Gasteiger partial charge in [0.05, 0.1) is 29.0 Å². The van der Waals surface area contributed by atoms with Gasteiger partial charge in [0.1, 0.15) is 6.61 Å². The molecule has 1 atom stereocenters. The molecule has 158 valence electrons. The molecule has 2 aliphatic heterocycles. The van der Waals surface area contributed by atoms with Crippen LogP contribution in [0.1, 0.15) is 42.0 Å². The fourth-order valence-electron chi connectivity index (χ4n) is 4.63. The van der Waals surface area contributed by atoms with Gasteiger partial charge in [0.2, 0.25) is 0 Å². The van der Waals surface area contributed by atoms with E-state index >= 15 is 0 Å². The minimum Gasteiger partial charge on any atom is -0.481 e. The Labute approximate surface area is 176 Å². The number of aromatic nitrogens is 2. The van der Waals surface area contributed by atoms with Gasteiger partial charge in [-0.15, -0.1) is 0 Å². The first kappa shape index (κ1) is 19.4. The van der Waals surface area contributed by atoms with Gasteiger partial charge in [0.25, 0.3) is 5.56 Å². The number of carboxylic acids is 1. The number of cyclic esters (lactones) is 1. The minimum absolute atomic E-state index is 0.0415. The van der Waals surface area contributed by atoms with Crippen LogP contribution < -0.4 is 5.56 Å². The first-order chi connectivity index (χ1) is 14.8. The molecule has 2 aromatic heterocycles. The monoisotopic (exact) mass is 420 g/mol. The Morgan fingerprint density at radius 2 is 2.03 bits per heavy atom. The molecule has 0 unspecified atom stereocenters. The van der Waals surface area contributed by atoms with Crippen LogP contribution in [0.5, 0.6) is 0 Å². The quantitative estimate of drug-likeness (QED) is 0.485. The molecule has 0 amide bonds. The topological polar surface area (TPSA) is 119 Å². The molecule has 2 N–H and O–H groups in total. The number of carbonyl (C=O) groups excluding carboxylic acids is 1. The van der Waals surface area contributed by atoms with Crippen molar-refractivity contribution in [3.05, 3.63) is 62.9 Å². The molecule has 0 radical (unpaired) electrons. The van der Waals surface area contributed by atoms with E-state index in [2.05, 4.69) is 0 Å². The number of aliphatic hydroxyl groups is 1. The number of rotatable bonds is 4. The standard InChI is InChI=1S/C23H20N2O6/c1-2-23(30)16-9-18-20-14(10-25(18)21(28)15(16)11-31-22(23)29)12(7-8-19(26)27)13-5-3-4-6-17(13)24-20/h3-6,9,30H,2,7-8,10-11H2,1H3,(H,26,27)/t23-/m0/s1. The average Bonchev–Trinajstić information content (AvgIpc) is 3.13. The molecule has 4 heterocycles. The van der Waals surface area contributed by atoms with Crippen LogP contribution in [0.3, 0.4) is 0 Å². The Morgan fingerprint density at radius 1 is 1.26 bits per heavy atom. The number of hydrogen-bond donors (Lipinski definition) is 2. The molecule has 31 heavy (non-hydrogen) atoms. The number of carbonyl (C=O) groups is 2. The summed E-state index contributed by atoms with van der Waals surface area (Å²) in [4.78, 5) is 41.6. The summed E-state index contributed by atoms with van der Waals surface area (Å²) in [6.45, 7) is 1.72. The zero-order valence-corrected chi connectivity index (χ0v) is 16.8. The Hall–Kier alpha value is -3.52. The molecule has 2 aliphatic rings. The van der Waals surface area contributed by atoms with E-state index in [-0.39, 0.29) is 42.7 Å². The van der Waals surface area contributed by atoms with Crippen LogP contribution in [0.4, 0.5) is 0 Å². The molecule has 1 aromatic carbocycles. The van der Waals surface area contributed by atoms with Gasteiger partial charge in [0.15, 0.2) is 5.60 Å². The van der Waals surface area contributed by atoms with Crippen molar-refractivity contribution in [1.29, 1.82) is 0 Å². The lowest BCUT2D eigenvalue weighted by atomic mass is 9.86. The Kier molecular flexibility index (Phi) is 4.23. The molecule has 8 nitrogen and oxygen atoms in total. The van der Waals surface area contributed by atoms with E-state index in [9.17, 15) is 24.6 Å². The van der Waals surface area contributed by atoms with Crippen molar-refractivity contribution in [2.75, 3.05) is 0 Å². The van der Waals surface area contributed by atoms with E-state index in [1.807, 2.05) is 24.3 Å². The second-order valence-electron chi connectivity index (χ2n) is 7.93. The number of aliphatic carboxylic acids is 1. The molecule has 0 spiro atoms. The predicted molar refractivity (Wildman–Crippen MR) is 110 cm³/mol. The van der Waals surface area contributed by atoms with Crippen molar-refractivity contribution in [3.8, 4) is 11.4 Å². The van der Waals surface area contributed by atoms with Crippen molar-refractivity contribution < 1.29 is 24.5 Å². The lowest BCUT2D eigenvalue weighted by molar-refractivity contribution is -0.172. The van der Waals surface area contributed by atoms with Gasteiger partial charge in [-0.25, -0.2) is 9.78 Å². The third kappa shape index (κ3) is 2.71. The first-order valence-electron chi connectivity index (χ1n) is 10.1. The summed E-state index contributed by atoms with van der Waals surface area (Å²) >= 11 is 0. The molecule has 0 saturated carbocycles. The van der Waals surface area contributed by atoms with Gasteiger partial charge < -0.3 is 19.5 Å². The van der Waals surface area contributed by atoms with E-state index in [0.717, 1.165) is 16.5 Å². The third-order valence-corrected chi connectivity index (χ3v) is 6.30. The summed E-state index contributed by atoms with van der Waals surface area (Å²) in [5.41, 5.74) is 1.75. The number of nitrogens with zero attached hydrogens (tertiary/aromatic N) is 2. The largest absolute Gasteiger partial charge is 0.481 e. The summed E-state index contributed by atoms with van der Waals surface area (Å²) in [6, 6.07) is 9.13. The molecular weight excluding hydrogens is 400 g/mol. The van der Waals surface area contributed by atoms with Crippen LogP contribution in [0.15, 0.2) is 35.1 Å². The van der Waals surface area contributed by atoms with Crippen molar-refractivity contribution in [3.63, 3.8) is 0 Å². The molecule has 0 bridgehead atoms. The van der Waals surface area contributed by atoms with Gasteiger partial charge in [-0.2, -0.15) is 0 Å². The highest BCUT2D eigenvalue weighted by atomic mass is 16.6. The van der Waals surface area contributed by atoms with E-state index in [0.29, 0.717) is 23.3 Å². The summed E-state index contributed by atoms with van der Waals surface area (Å²) in [7, 11) is 0. The highest BCUT2D eigenvalue weighted by molar-refractivity contribution is 5.89. The number of aryl methyl sites for hydroxylation is 1.